The second kappa shape index (κ2) is 10.7. The Balaban J connectivity index is 0.00000312. The number of nitrogens with one attached hydrogen (secondary N) is 2. The monoisotopic (exact) mass is 524 g/mol. The summed E-state index contributed by atoms with van der Waals surface area (Å²) in [5, 5.41) is 10.5. The first-order chi connectivity index (χ1) is 11.6. The molecule has 0 aliphatic carbocycles. The first-order valence-electron chi connectivity index (χ1n) is 7.93. The van der Waals surface area contributed by atoms with Gasteiger partial charge in [-0.15, -0.1) is 24.0 Å². The Labute approximate surface area is 173 Å². The van der Waals surface area contributed by atoms with E-state index in [0.29, 0.717) is 23.5 Å². The van der Waals surface area contributed by atoms with Crippen LogP contribution in [0.5, 0.6) is 0 Å². The van der Waals surface area contributed by atoms with E-state index in [4.69, 9.17) is 4.52 Å². The summed E-state index contributed by atoms with van der Waals surface area (Å²) in [6.45, 7) is 5.16. The van der Waals surface area contributed by atoms with Crippen LogP contribution in [-0.4, -0.2) is 18.2 Å². The smallest absolute Gasteiger partial charge is 0.191 e. The topological polar surface area (TPSA) is 62.5 Å². The third-order valence-electron chi connectivity index (χ3n) is 3.71. The Kier molecular flexibility index (Phi) is 9.41. The van der Waals surface area contributed by atoms with Crippen molar-refractivity contribution in [1.29, 1.82) is 0 Å². The SMILES string of the molecule is CCc1noc(CC)c1CNC(=NC)NCc1ccc(Br)c(F)c1.I. The number of aliphatic imine (C=N–C) groups is 1. The van der Waals surface area contributed by atoms with Gasteiger partial charge in [0.2, 0.25) is 0 Å². The predicted octanol–water partition coefficient (Wildman–Crippen LogP) is 4.18. The minimum absolute atomic E-state index is 0. The standard InChI is InChI=1S/C17H22BrFN4O.HI/c1-4-15-12(16(5-2)24-23-15)10-22-17(20-3)21-9-11-6-7-13(18)14(19)8-11;/h6-8H,4-5,9-10H2,1-3H3,(H2,20,21,22);1H. The number of benzene rings is 1. The van der Waals surface area contributed by atoms with E-state index >= 15 is 0 Å². The van der Waals surface area contributed by atoms with E-state index in [-0.39, 0.29) is 29.8 Å². The highest BCUT2D eigenvalue weighted by atomic mass is 127. The predicted molar refractivity (Wildman–Crippen MR) is 112 cm³/mol. The molecule has 0 aliphatic rings. The summed E-state index contributed by atoms with van der Waals surface area (Å²) in [6, 6.07) is 5.05. The molecule has 0 amide bonds. The Hall–Kier alpha value is -1.16. The molecule has 138 valence electrons. The van der Waals surface area contributed by atoms with Gasteiger partial charge in [0.15, 0.2) is 5.96 Å². The lowest BCUT2D eigenvalue weighted by Gasteiger charge is -2.12. The molecule has 0 saturated heterocycles. The molecule has 0 aliphatic heterocycles. The Morgan fingerprint density at radius 3 is 2.56 bits per heavy atom. The third-order valence-corrected chi connectivity index (χ3v) is 4.35. The quantitative estimate of drug-likeness (QED) is 0.338. The van der Waals surface area contributed by atoms with Gasteiger partial charge in [0.1, 0.15) is 11.6 Å². The third kappa shape index (κ3) is 5.95. The molecule has 5 nitrogen and oxygen atoms in total. The van der Waals surface area contributed by atoms with Gasteiger partial charge in [-0.2, -0.15) is 0 Å². The minimum atomic E-state index is -0.276. The lowest BCUT2D eigenvalue weighted by molar-refractivity contribution is 0.380. The lowest BCUT2D eigenvalue weighted by Crippen LogP contribution is -2.36. The number of hydrogen-bond donors (Lipinski definition) is 2. The molecule has 0 radical (unpaired) electrons. The van der Waals surface area contributed by atoms with Crippen LogP contribution in [0.2, 0.25) is 0 Å². The second-order valence-corrected chi connectivity index (χ2v) is 6.12. The van der Waals surface area contributed by atoms with Crippen LogP contribution in [0.15, 0.2) is 32.2 Å². The number of nitrogens with zero attached hydrogens (tertiary/aromatic N) is 2. The molecule has 1 heterocycles. The number of aryl methyl sites for hydroxylation is 2. The minimum Gasteiger partial charge on any atom is -0.361 e. The molecule has 0 spiro atoms. The molecule has 1 aromatic heterocycles. The van der Waals surface area contributed by atoms with Gasteiger partial charge in [0.25, 0.3) is 0 Å². The van der Waals surface area contributed by atoms with Crippen molar-refractivity contribution < 1.29 is 8.91 Å². The van der Waals surface area contributed by atoms with Crippen LogP contribution in [0, 0.1) is 5.82 Å². The molecular weight excluding hydrogens is 502 g/mol. The largest absolute Gasteiger partial charge is 0.361 e. The van der Waals surface area contributed by atoms with Gasteiger partial charge in [-0.3, -0.25) is 4.99 Å². The molecule has 0 saturated carbocycles. The number of aromatic nitrogens is 1. The van der Waals surface area contributed by atoms with E-state index in [1.807, 2.05) is 13.0 Å². The van der Waals surface area contributed by atoms with Crippen LogP contribution < -0.4 is 10.6 Å². The van der Waals surface area contributed by atoms with Crippen molar-refractivity contribution in [3.63, 3.8) is 0 Å². The van der Waals surface area contributed by atoms with Gasteiger partial charge in [0.05, 0.1) is 10.2 Å². The van der Waals surface area contributed by atoms with Crippen molar-refractivity contribution in [3.05, 3.63) is 51.1 Å². The van der Waals surface area contributed by atoms with E-state index < -0.39 is 0 Å². The Morgan fingerprint density at radius 1 is 1.24 bits per heavy atom. The van der Waals surface area contributed by atoms with Crippen molar-refractivity contribution in [2.75, 3.05) is 7.05 Å². The summed E-state index contributed by atoms with van der Waals surface area (Å²) < 4.78 is 19.4. The lowest BCUT2D eigenvalue weighted by atomic mass is 10.1. The summed E-state index contributed by atoms with van der Waals surface area (Å²) in [6.07, 6.45) is 1.62. The summed E-state index contributed by atoms with van der Waals surface area (Å²) in [4.78, 5) is 4.19. The Bertz CT molecular complexity index is 699. The highest BCUT2D eigenvalue weighted by Gasteiger charge is 2.13. The number of rotatable bonds is 6. The van der Waals surface area contributed by atoms with Crippen molar-refractivity contribution in [2.24, 2.45) is 4.99 Å². The molecule has 2 N–H and O–H groups in total. The average molecular weight is 525 g/mol. The molecule has 0 atom stereocenters. The highest BCUT2D eigenvalue weighted by Crippen LogP contribution is 2.17. The summed E-state index contributed by atoms with van der Waals surface area (Å²) >= 11 is 3.15. The van der Waals surface area contributed by atoms with E-state index in [9.17, 15) is 4.39 Å². The molecular formula is C17H23BrFIN4O. The molecule has 8 heteroatoms. The number of halogens is 3. The first-order valence-corrected chi connectivity index (χ1v) is 8.73. The van der Waals surface area contributed by atoms with Crippen LogP contribution in [0.25, 0.3) is 0 Å². The zero-order valence-electron chi connectivity index (χ0n) is 14.5. The summed E-state index contributed by atoms with van der Waals surface area (Å²) in [7, 11) is 1.70. The van der Waals surface area contributed by atoms with Crippen molar-refractivity contribution in [1.82, 2.24) is 15.8 Å². The van der Waals surface area contributed by atoms with Gasteiger partial charge in [-0.05, 0) is 40.0 Å². The fourth-order valence-electron chi connectivity index (χ4n) is 2.37. The van der Waals surface area contributed by atoms with Crippen LogP contribution in [0.1, 0.15) is 36.4 Å². The number of hydrogen-bond acceptors (Lipinski definition) is 3. The summed E-state index contributed by atoms with van der Waals surface area (Å²) in [5.74, 6) is 1.26. The fourth-order valence-corrected chi connectivity index (χ4v) is 2.61. The van der Waals surface area contributed by atoms with E-state index in [2.05, 4.69) is 43.6 Å². The molecule has 0 fully saturated rings. The van der Waals surface area contributed by atoms with Gasteiger partial charge in [-0.1, -0.05) is 25.1 Å². The van der Waals surface area contributed by atoms with Crippen molar-refractivity contribution in [3.8, 4) is 0 Å². The Morgan fingerprint density at radius 2 is 1.96 bits per heavy atom. The molecule has 2 aromatic rings. The van der Waals surface area contributed by atoms with Crippen LogP contribution in [0.4, 0.5) is 4.39 Å². The van der Waals surface area contributed by atoms with E-state index in [1.165, 1.54) is 6.07 Å². The van der Waals surface area contributed by atoms with E-state index in [0.717, 1.165) is 35.4 Å². The maximum Gasteiger partial charge on any atom is 0.191 e. The molecule has 2 rings (SSSR count). The second-order valence-electron chi connectivity index (χ2n) is 5.27. The normalized spacial score (nSPS) is 11.2. The van der Waals surface area contributed by atoms with Gasteiger partial charge in [-0.25, -0.2) is 4.39 Å². The van der Waals surface area contributed by atoms with Crippen molar-refractivity contribution >= 4 is 45.9 Å². The molecule has 0 bridgehead atoms. The maximum atomic E-state index is 13.5. The first kappa shape index (κ1) is 21.9. The maximum absolute atomic E-state index is 13.5. The molecule has 1 aromatic carbocycles. The van der Waals surface area contributed by atoms with Crippen molar-refractivity contribution in [2.45, 2.75) is 39.8 Å². The van der Waals surface area contributed by atoms with Crippen LogP contribution >= 0.6 is 39.9 Å². The zero-order valence-corrected chi connectivity index (χ0v) is 18.4. The van der Waals surface area contributed by atoms with Crippen LogP contribution in [0.3, 0.4) is 0 Å². The highest BCUT2D eigenvalue weighted by molar-refractivity contribution is 14.0. The number of guanidine groups is 1. The average Bonchev–Trinajstić information content (AvgIpc) is 3.00. The van der Waals surface area contributed by atoms with Gasteiger partial charge < -0.3 is 15.2 Å². The molecule has 0 unspecified atom stereocenters. The van der Waals surface area contributed by atoms with Gasteiger partial charge in [0, 0.05) is 32.1 Å². The fraction of sp³-hybridized carbons (Fsp3) is 0.412. The van der Waals surface area contributed by atoms with Crippen LogP contribution in [-0.2, 0) is 25.9 Å². The summed E-state index contributed by atoms with van der Waals surface area (Å²) in [5.41, 5.74) is 2.88. The zero-order chi connectivity index (χ0) is 17.5. The van der Waals surface area contributed by atoms with E-state index in [1.54, 1.807) is 13.1 Å². The van der Waals surface area contributed by atoms with Gasteiger partial charge >= 0.3 is 0 Å². The molecule has 25 heavy (non-hydrogen) atoms.